The number of ketones is 1. The molecular weight excluding hydrogens is 488 g/mol. The van der Waals surface area contributed by atoms with Crippen LogP contribution in [0.4, 0.5) is 0 Å². The lowest BCUT2D eigenvalue weighted by molar-refractivity contribution is -0.172. The van der Waals surface area contributed by atoms with E-state index in [2.05, 4.69) is 0 Å². The van der Waals surface area contributed by atoms with Gasteiger partial charge in [-0.1, -0.05) is 20.8 Å². The van der Waals surface area contributed by atoms with Crippen LogP contribution in [0.3, 0.4) is 0 Å². The third kappa shape index (κ3) is 4.11. The number of cyclic esters (lactones) is 1. The van der Waals surface area contributed by atoms with Crippen molar-refractivity contribution in [2.75, 3.05) is 0 Å². The zero-order valence-electron chi connectivity index (χ0n) is 21.8. The smallest absolute Gasteiger partial charge is 0.343 e. The predicted molar refractivity (Wildman–Crippen MR) is 139 cm³/mol. The SMILES string of the molecule is CCC(=O)CCCC(=O)Oc1ccc2nc3c(c(CC)c2c1)Cn1c-3cc2c(c1=O)COC(=O)[C@]2(O)CC. The molecule has 5 rings (SSSR count). The number of Topliss-reactive ketones (excluding diaryl/α,β-unsaturated/α-hetero) is 1. The summed E-state index contributed by atoms with van der Waals surface area (Å²) < 4.78 is 12.3. The zero-order valence-corrected chi connectivity index (χ0v) is 21.8. The molecule has 38 heavy (non-hydrogen) atoms. The van der Waals surface area contributed by atoms with Gasteiger partial charge in [0.25, 0.3) is 5.56 Å². The van der Waals surface area contributed by atoms with Gasteiger partial charge < -0.3 is 19.1 Å². The maximum atomic E-state index is 13.5. The third-order valence-corrected chi connectivity index (χ3v) is 7.59. The van der Waals surface area contributed by atoms with Crippen LogP contribution in [0, 0.1) is 0 Å². The van der Waals surface area contributed by atoms with E-state index in [1.54, 1.807) is 42.7 Å². The molecule has 198 valence electrons. The summed E-state index contributed by atoms with van der Waals surface area (Å²) in [7, 11) is 0. The summed E-state index contributed by atoms with van der Waals surface area (Å²) in [5, 5.41) is 11.9. The van der Waals surface area contributed by atoms with Gasteiger partial charge in [-0.3, -0.25) is 14.4 Å². The second-order valence-corrected chi connectivity index (χ2v) is 9.77. The number of nitrogens with zero attached hydrogens (tertiary/aromatic N) is 2. The number of carbonyl (C=O) groups excluding carboxylic acids is 3. The normalized spacial score (nSPS) is 17.5. The number of hydrogen-bond acceptors (Lipinski definition) is 8. The number of rotatable bonds is 8. The Labute approximate surface area is 219 Å². The number of hydrogen-bond donors (Lipinski definition) is 1. The van der Waals surface area contributed by atoms with Crippen molar-refractivity contribution in [2.45, 2.75) is 78.0 Å². The standard InChI is InChI=1S/C29H30N2O7/c1-4-16(32)8-7-9-25(33)38-17-10-11-23-19(12-17)18(5-2)20-14-31-24(26(20)30-23)13-22-21(27(31)34)15-37-28(35)29(22,36)6-3/h10-13,36H,4-9,14-15H2,1-3H3/t29-/m0/s1. The Kier molecular flexibility index (Phi) is 6.65. The van der Waals surface area contributed by atoms with Gasteiger partial charge in [0, 0.05) is 35.8 Å². The van der Waals surface area contributed by atoms with Gasteiger partial charge in [0.05, 0.1) is 29.0 Å². The first kappa shape index (κ1) is 25.8. The Morgan fingerprint density at radius 1 is 1.13 bits per heavy atom. The fourth-order valence-electron chi connectivity index (χ4n) is 5.40. The van der Waals surface area contributed by atoms with Crippen LogP contribution in [0.15, 0.2) is 29.1 Å². The number of aryl methyl sites for hydroxylation is 1. The number of carbonyl (C=O) groups is 3. The molecule has 1 N–H and O–H groups in total. The summed E-state index contributed by atoms with van der Waals surface area (Å²) in [6.07, 6.45) is 2.16. The van der Waals surface area contributed by atoms with Crippen LogP contribution < -0.4 is 10.3 Å². The summed E-state index contributed by atoms with van der Waals surface area (Å²) in [4.78, 5) is 54.5. The van der Waals surface area contributed by atoms with Crippen molar-refractivity contribution in [1.82, 2.24) is 9.55 Å². The van der Waals surface area contributed by atoms with Crippen LogP contribution in [-0.2, 0) is 44.3 Å². The first-order chi connectivity index (χ1) is 18.2. The molecule has 9 nitrogen and oxygen atoms in total. The molecule has 0 fully saturated rings. The average molecular weight is 519 g/mol. The quantitative estimate of drug-likeness (QED) is 0.277. The molecule has 0 radical (unpaired) electrons. The molecule has 2 aromatic heterocycles. The maximum Gasteiger partial charge on any atom is 0.343 e. The average Bonchev–Trinajstić information content (AvgIpc) is 3.28. The van der Waals surface area contributed by atoms with Crippen LogP contribution in [0.2, 0.25) is 0 Å². The Bertz CT molecular complexity index is 1550. The molecule has 0 spiro atoms. The molecule has 9 heteroatoms. The number of ether oxygens (including phenoxy) is 2. The summed E-state index contributed by atoms with van der Waals surface area (Å²) in [6.45, 7) is 5.61. The van der Waals surface area contributed by atoms with Gasteiger partial charge in [-0.2, -0.15) is 0 Å². The first-order valence-electron chi connectivity index (χ1n) is 13.1. The molecule has 1 aromatic carbocycles. The fraction of sp³-hybridized carbons (Fsp3) is 0.414. The lowest BCUT2D eigenvalue weighted by Gasteiger charge is -2.31. The molecule has 2 aliphatic heterocycles. The van der Waals surface area contributed by atoms with Gasteiger partial charge in [0.1, 0.15) is 18.1 Å². The summed E-state index contributed by atoms with van der Waals surface area (Å²) in [6, 6.07) is 6.94. The molecule has 0 saturated heterocycles. The minimum Gasteiger partial charge on any atom is -0.458 e. The summed E-state index contributed by atoms with van der Waals surface area (Å²) in [5.74, 6) is -0.636. The maximum absolute atomic E-state index is 13.5. The molecule has 1 atom stereocenters. The topological polar surface area (TPSA) is 125 Å². The number of esters is 2. The van der Waals surface area contributed by atoms with E-state index < -0.39 is 17.5 Å². The van der Waals surface area contributed by atoms with Gasteiger partial charge >= 0.3 is 11.9 Å². The molecular formula is C29H30N2O7. The minimum absolute atomic E-state index is 0.0797. The number of benzene rings is 1. The van der Waals surface area contributed by atoms with Crippen LogP contribution in [0.1, 0.15) is 75.1 Å². The third-order valence-electron chi connectivity index (χ3n) is 7.59. The van der Waals surface area contributed by atoms with Crippen LogP contribution in [0.25, 0.3) is 22.3 Å². The molecule has 2 aliphatic rings. The highest BCUT2D eigenvalue weighted by atomic mass is 16.6. The largest absolute Gasteiger partial charge is 0.458 e. The lowest BCUT2D eigenvalue weighted by Crippen LogP contribution is -2.44. The zero-order chi connectivity index (χ0) is 27.2. The second kappa shape index (κ2) is 9.79. The summed E-state index contributed by atoms with van der Waals surface area (Å²) >= 11 is 0. The number of pyridine rings is 2. The number of aromatic nitrogens is 2. The predicted octanol–water partition coefficient (Wildman–Crippen LogP) is 3.70. The molecule has 3 aromatic rings. The van der Waals surface area contributed by atoms with Crippen molar-refractivity contribution in [3.8, 4) is 17.1 Å². The van der Waals surface area contributed by atoms with Crippen molar-refractivity contribution >= 4 is 28.6 Å². The van der Waals surface area contributed by atoms with Crippen LogP contribution >= 0.6 is 0 Å². The molecule has 0 amide bonds. The van der Waals surface area contributed by atoms with Gasteiger partial charge in [-0.25, -0.2) is 9.78 Å². The van der Waals surface area contributed by atoms with Crippen molar-refractivity contribution in [2.24, 2.45) is 0 Å². The Morgan fingerprint density at radius 2 is 1.92 bits per heavy atom. The van der Waals surface area contributed by atoms with Gasteiger partial charge in [0.15, 0.2) is 5.60 Å². The highest BCUT2D eigenvalue weighted by Crippen LogP contribution is 2.40. The highest BCUT2D eigenvalue weighted by molar-refractivity contribution is 5.90. The van der Waals surface area contributed by atoms with E-state index in [9.17, 15) is 24.3 Å². The molecule has 0 bridgehead atoms. The number of fused-ring (bicyclic) bond motifs is 5. The van der Waals surface area contributed by atoms with Crippen molar-refractivity contribution in [3.05, 3.63) is 56.9 Å². The molecule has 4 heterocycles. The Balaban J connectivity index is 1.53. The van der Waals surface area contributed by atoms with E-state index in [0.717, 1.165) is 16.5 Å². The van der Waals surface area contributed by atoms with E-state index >= 15 is 0 Å². The molecule has 0 saturated carbocycles. The van der Waals surface area contributed by atoms with Gasteiger partial charge in [0.2, 0.25) is 0 Å². The molecule has 0 unspecified atom stereocenters. The van der Waals surface area contributed by atoms with Crippen molar-refractivity contribution in [1.29, 1.82) is 0 Å². The van der Waals surface area contributed by atoms with Gasteiger partial charge in [-0.15, -0.1) is 0 Å². The summed E-state index contributed by atoms with van der Waals surface area (Å²) in [5.41, 5.74) is 2.11. The number of aliphatic hydroxyl groups is 1. The second-order valence-electron chi connectivity index (χ2n) is 9.77. The van der Waals surface area contributed by atoms with E-state index in [-0.39, 0.29) is 41.9 Å². The van der Waals surface area contributed by atoms with Crippen LogP contribution in [0.5, 0.6) is 5.75 Å². The lowest BCUT2D eigenvalue weighted by atomic mass is 9.86. The van der Waals surface area contributed by atoms with Crippen LogP contribution in [-0.4, -0.2) is 32.4 Å². The Hall–Kier alpha value is -3.85. The first-order valence-corrected chi connectivity index (χ1v) is 13.1. The Morgan fingerprint density at radius 3 is 2.63 bits per heavy atom. The van der Waals surface area contributed by atoms with E-state index in [1.807, 2.05) is 6.92 Å². The van der Waals surface area contributed by atoms with E-state index in [4.69, 9.17) is 14.5 Å². The van der Waals surface area contributed by atoms with Crippen molar-refractivity contribution in [3.63, 3.8) is 0 Å². The van der Waals surface area contributed by atoms with Gasteiger partial charge in [-0.05, 0) is 49.1 Å². The fourth-order valence-corrected chi connectivity index (χ4v) is 5.40. The van der Waals surface area contributed by atoms with E-state index in [0.29, 0.717) is 54.9 Å². The molecule has 0 aliphatic carbocycles. The van der Waals surface area contributed by atoms with Crippen molar-refractivity contribution < 1.29 is 29.0 Å². The highest BCUT2D eigenvalue weighted by Gasteiger charge is 2.45. The monoisotopic (exact) mass is 518 g/mol. The minimum atomic E-state index is -1.88. The van der Waals surface area contributed by atoms with E-state index in [1.165, 1.54) is 0 Å².